The Labute approximate surface area is 186 Å². The third-order valence-corrected chi connectivity index (χ3v) is 7.46. The molecule has 0 spiro atoms. The number of rotatable bonds is 8. The quantitative estimate of drug-likeness (QED) is 0.672. The lowest BCUT2D eigenvalue weighted by molar-refractivity contribution is 0.00258. The van der Waals surface area contributed by atoms with Crippen molar-refractivity contribution in [3.63, 3.8) is 0 Å². The van der Waals surface area contributed by atoms with Crippen LogP contribution in [0.2, 0.25) is 0 Å². The van der Waals surface area contributed by atoms with Gasteiger partial charge in [-0.05, 0) is 49.1 Å². The number of hydrogen-bond acceptors (Lipinski definition) is 5. The zero-order valence-corrected chi connectivity index (χ0v) is 19.7. The van der Waals surface area contributed by atoms with Crippen molar-refractivity contribution in [3.8, 4) is 0 Å². The van der Waals surface area contributed by atoms with Crippen LogP contribution >= 0.6 is 0 Å². The molecule has 1 aliphatic rings. The Hall–Kier alpha value is -1.93. The van der Waals surface area contributed by atoms with Crippen LogP contribution in [0.25, 0.3) is 0 Å². The van der Waals surface area contributed by atoms with E-state index in [-0.39, 0.29) is 23.5 Å². The van der Waals surface area contributed by atoms with Gasteiger partial charge in [-0.25, -0.2) is 8.42 Å². The van der Waals surface area contributed by atoms with Gasteiger partial charge in [-0.3, -0.25) is 9.21 Å². The molecular weight excluding hydrogens is 412 g/mol. The molecule has 0 aliphatic carbocycles. The van der Waals surface area contributed by atoms with Crippen LogP contribution in [0, 0.1) is 19.8 Å². The van der Waals surface area contributed by atoms with E-state index in [1.54, 1.807) is 12.1 Å². The fraction of sp³-hybridized carbons (Fsp3) is 0.500. The molecule has 1 atom stereocenters. The summed E-state index contributed by atoms with van der Waals surface area (Å²) in [5.41, 5.74) is 3.66. The highest BCUT2D eigenvalue weighted by Gasteiger charge is 2.28. The largest absolute Gasteiger partial charge is 0.394 e. The first kappa shape index (κ1) is 23.7. The molecule has 0 aromatic heterocycles. The molecule has 1 N–H and O–H groups in total. The van der Waals surface area contributed by atoms with E-state index in [0.717, 1.165) is 29.8 Å². The molecule has 6 nitrogen and oxygen atoms in total. The summed E-state index contributed by atoms with van der Waals surface area (Å²) in [5.74, 6) is 0.176. The highest BCUT2D eigenvalue weighted by atomic mass is 32.2. The van der Waals surface area contributed by atoms with Gasteiger partial charge in [0.05, 0.1) is 36.4 Å². The minimum absolute atomic E-state index is 0.0197. The van der Waals surface area contributed by atoms with Gasteiger partial charge < -0.3 is 9.84 Å². The molecule has 31 heavy (non-hydrogen) atoms. The summed E-state index contributed by atoms with van der Waals surface area (Å²) in [6, 6.07) is 12.6. The van der Waals surface area contributed by atoms with Gasteiger partial charge in [0.15, 0.2) is 0 Å². The second kappa shape index (κ2) is 10.1. The van der Waals surface area contributed by atoms with E-state index in [1.807, 2.05) is 58.0 Å². The fourth-order valence-electron chi connectivity index (χ4n) is 4.05. The predicted molar refractivity (Wildman–Crippen MR) is 124 cm³/mol. The van der Waals surface area contributed by atoms with Crippen molar-refractivity contribution in [1.29, 1.82) is 0 Å². The van der Waals surface area contributed by atoms with Crippen LogP contribution in [0.3, 0.4) is 0 Å². The average molecular weight is 447 g/mol. The number of nitrogens with zero attached hydrogens (tertiary/aromatic N) is 2. The summed E-state index contributed by atoms with van der Waals surface area (Å²) in [6.45, 7) is 11.2. The number of aliphatic hydroxyl groups is 1. The second-order valence-electron chi connectivity index (χ2n) is 8.64. The molecule has 0 bridgehead atoms. The first-order valence-electron chi connectivity index (χ1n) is 10.9. The molecule has 1 heterocycles. The van der Waals surface area contributed by atoms with Crippen molar-refractivity contribution in [1.82, 2.24) is 4.90 Å². The topological polar surface area (TPSA) is 70.1 Å². The molecule has 1 unspecified atom stereocenters. The van der Waals surface area contributed by atoms with Gasteiger partial charge in [0.25, 0.3) is 10.0 Å². The standard InChI is InChI=1S/C24H34N2O4S/c1-18(2)16-26(23-10-5-19(3)15-20(23)4)31(28,29)22-8-6-21(7-9-22)24(17-27)25-11-13-30-14-12-25/h5-10,15,18,24,27H,11-14,16-17H2,1-4H3. The summed E-state index contributed by atoms with van der Waals surface area (Å²) in [5, 5.41) is 9.94. The van der Waals surface area contributed by atoms with Gasteiger partial charge in [-0.1, -0.05) is 43.7 Å². The summed E-state index contributed by atoms with van der Waals surface area (Å²) in [7, 11) is -3.72. The molecule has 2 aromatic rings. The van der Waals surface area contributed by atoms with Crippen molar-refractivity contribution >= 4 is 15.7 Å². The van der Waals surface area contributed by atoms with Crippen LogP contribution in [0.1, 0.15) is 36.6 Å². The highest BCUT2D eigenvalue weighted by molar-refractivity contribution is 7.92. The number of anilines is 1. The third-order valence-electron chi connectivity index (χ3n) is 5.66. The number of benzene rings is 2. The lowest BCUT2D eigenvalue weighted by atomic mass is 10.1. The van der Waals surface area contributed by atoms with E-state index in [4.69, 9.17) is 4.74 Å². The molecule has 0 saturated carbocycles. The Bertz CT molecular complexity index is 968. The number of ether oxygens (including phenoxy) is 1. The molecular formula is C24H34N2O4S. The molecule has 7 heteroatoms. The summed E-state index contributed by atoms with van der Waals surface area (Å²) < 4.78 is 34.1. The third kappa shape index (κ3) is 5.47. The fourth-order valence-corrected chi connectivity index (χ4v) is 5.75. The van der Waals surface area contributed by atoms with Gasteiger partial charge in [0.1, 0.15) is 0 Å². The molecule has 3 rings (SSSR count). The molecule has 1 fully saturated rings. The van der Waals surface area contributed by atoms with E-state index >= 15 is 0 Å². The zero-order chi connectivity index (χ0) is 22.6. The van der Waals surface area contributed by atoms with Gasteiger partial charge in [-0.2, -0.15) is 0 Å². The van der Waals surface area contributed by atoms with Crippen molar-refractivity contribution in [3.05, 3.63) is 59.2 Å². The lowest BCUT2D eigenvalue weighted by Gasteiger charge is -2.33. The number of sulfonamides is 1. The first-order valence-corrected chi connectivity index (χ1v) is 12.3. The van der Waals surface area contributed by atoms with Gasteiger partial charge in [0, 0.05) is 19.6 Å². The Morgan fingerprint density at radius 3 is 2.26 bits per heavy atom. The van der Waals surface area contributed by atoms with Crippen LogP contribution in [0.5, 0.6) is 0 Å². The Balaban J connectivity index is 1.92. The first-order chi connectivity index (χ1) is 14.7. The maximum absolute atomic E-state index is 13.6. The monoisotopic (exact) mass is 446 g/mol. The van der Waals surface area contributed by atoms with E-state index in [0.29, 0.717) is 25.4 Å². The summed E-state index contributed by atoms with van der Waals surface area (Å²) >= 11 is 0. The minimum atomic E-state index is -3.72. The van der Waals surface area contributed by atoms with Crippen molar-refractivity contribution in [2.75, 3.05) is 43.8 Å². The van der Waals surface area contributed by atoms with Crippen molar-refractivity contribution < 1.29 is 18.3 Å². The predicted octanol–water partition coefficient (Wildman–Crippen LogP) is 3.52. The number of hydrogen-bond donors (Lipinski definition) is 1. The molecule has 170 valence electrons. The normalized spacial score (nSPS) is 16.5. The molecule has 0 amide bonds. The Morgan fingerprint density at radius 2 is 1.71 bits per heavy atom. The zero-order valence-electron chi connectivity index (χ0n) is 18.9. The van der Waals surface area contributed by atoms with Crippen LogP contribution in [-0.2, 0) is 14.8 Å². The SMILES string of the molecule is Cc1ccc(N(CC(C)C)S(=O)(=O)c2ccc(C(CO)N3CCOCC3)cc2)c(C)c1. The minimum Gasteiger partial charge on any atom is -0.394 e. The molecule has 2 aromatic carbocycles. The van der Waals surface area contributed by atoms with Gasteiger partial charge in [0.2, 0.25) is 0 Å². The van der Waals surface area contributed by atoms with Crippen molar-refractivity contribution in [2.45, 2.75) is 38.6 Å². The molecule has 1 aliphatic heterocycles. The van der Waals surface area contributed by atoms with Crippen LogP contribution in [-0.4, -0.2) is 57.9 Å². The smallest absolute Gasteiger partial charge is 0.264 e. The maximum atomic E-state index is 13.6. The van der Waals surface area contributed by atoms with Crippen LogP contribution < -0.4 is 4.31 Å². The van der Waals surface area contributed by atoms with E-state index in [1.165, 1.54) is 4.31 Å². The summed E-state index contributed by atoms with van der Waals surface area (Å²) in [4.78, 5) is 2.43. The lowest BCUT2D eigenvalue weighted by Crippen LogP contribution is -2.40. The van der Waals surface area contributed by atoms with Crippen LogP contribution in [0.4, 0.5) is 5.69 Å². The summed E-state index contributed by atoms with van der Waals surface area (Å²) in [6.07, 6.45) is 0. The maximum Gasteiger partial charge on any atom is 0.264 e. The Kier molecular flexibility index (Phi) is 7.75. The number of morpholine rings is 1. The highest BCUT2D eigenvalue weighted by Crippen LogP contribution is 2.30. The number of aryl methyl sites for hydroxylation is 2. The van der Waals surface area contributed by atoms with E-state index in [2.05, 4.69) is 4.90 Å². The number of aliphatic hydroxyl groups excluding tert-OH is 1. The van der Waals surface area contributed by atoms with E-state index in [9.17, 15) is 13.5 Å². The Morgan fingerprint density at radius 1 is 1.06 bits per heavy atom. The average Bonchev–Trinajstić information content (AvgIpc) is 2.74. The van der Waals surface area contributed by atoms with Crippen LogP contribution in [0.15, 0.2) is 47.4 Å². The van der Waals surface area contributed by atoms with E-state index < -0.39 is 10.0 Å². The second-order valence-corrected chi connectivity index (χ2v) is 10.5. The van der Waals surface area contributed by atoms with Gasteiger partial charge >= 0.3 is 0 Å². The molecule has 0 radical (unpaired) electrons. The molecule has 1 saturated heterocycles. The van der Waals surface area contributed by atoms with Crippen molar-refractivity contribution in [2.24, 2.45) is 5.92 Å². The van der Waals surface area contributed by atoms with Gasteiger partial charge in [-0.15, -0.1) is 0 Å².